The number of ether oxygens (including phenoxy) is 1. The molecule has 0 aliphatic carbocycles. The normalized spacial score (nSPS) is 13.7. The van der Waals surface area contributed by atoms with Crippen LogP contribution in [0.1, 0.15) is 46.5 Å². The van der Waals surface area contributed by atoms with Crippen LogP contribution < -0.4 is 14.4 Å². The van der Waals surface area contributed by atoms with Crippen LogP contribution in [0.3, 0.4) is 0 Å². The highest BCUT2D eigenvalue weighted by Crippen LogP contribution is 2.21. The average Bonchev–Trinajstić information content (AvgIpc) is 2.60. The molecule has 0 saturated heterocycles. The Hall–Kier alpha value is -1.76. The molecule has 1 rings (SSSR count). The fraction of sp³-hybridized carbons (Fsp3) is 0.632. The lowest BCUT2D eigenvalue weighted by atomic mass is 9.99. The molecule has 1 aromatic carbocycles. The Morgan fingerprint density at radius 1 is 1.23 bits per heavy atom. The third kappa shape index (κ3) is 7.23. The molecule has 0 fully saturated rings. The number of sulfonamides is 1. The number of hydrogen-bond donors (Lipinski definition) is 1. The summed E-state index contributed by atoms with van der Waals surface area (Å²) < 4.78 is 29.9. The van der Waals surface area contributed by atoms with E-state index < -0.39 is 16.1 Å². The minimum atomic E-state index is -3.30. The molecule has 2 unspecified atom stereocenters. The van der Waals surface area contributed by atoms with Crippen LogP contribution in [0.4, 0.5) is 5.69 Å². The second-order valence-electron chi connectivity index (χ2n) is 6.65. The van der Waals surface area contributed by atoms with Crippen LogP contribution in [0, 0.1) is 5.92 Å². The summed E-state index contributed by atoms with van der Waals surface area (Å²) in [5.41, 5.74) is 0.540. The minimum absolute atomic E-state index is 0.141. The Bertz CT molecular complexity index is 659. The van der Waals surface area contributed by atoms with Gasteiger partial charge in [-0.25, -0.2) is 8.42 Å². The summed E-state index contributed by atoms with van der Waals surface area (Å²) in [6, 6.07) is 6.63. The Labute approximate surface area is 158 Å². The van der Waals surface area contributed by atoms with Crippen LogP contribution in [-0.4, -0.2) is 40.3 Å². The number of unbranched alkanes of at least 4 members (excludes halogenated alkanes) is 1. The molecule has 0 saturated carbocycles. The zero-order valence-electron chi connectivity index (χ0n) is 16.5. The first kappa shape index (κ1) is 22.3. The number of carbonyl (C=O) groups is 1. The number of hydrogen-bond acceptors (Lipinski definition) is 4. The van der Waals surface area contributed by atoms with Gasteiger partial charge in [-0.1, -0.05) is 33.1 Å². The fourth-order valence-electron chi connectivity index (χ4n) is 2.52. The topological polar surface area (TPSA) is 75.7 Å². The van der Waals surface area contributed by atoms with Gasteiger partial charge in [-0.15, -0.1) is 0 Å². The number of anilines is 1. The number of carbonyl (C=O) groups excluding carboxylic acids is 1. The van der Waals surface area contributed by atoms with Crippen molar-refractivity contribution in [3.05, 3.63) is 24.3 Å². The molecule has 7 heteroatoms. The maximum absolute atomic E-state index is 12.2. The lowest BCUT2D eigenvalue weighted by Crippen LogP contribution is -2.38. The number of rotatable bonds is 11. The first-order valence-corrected chi connectivity index (χ1v) is 11.0. The van der Waals surface area contributed by atoms with Crippen molar-refractivity contribution in [1.82, 2.24) is 5.32 Å². The molecule has 1 aromatic rings. The molecular weight excluding hydrogens is 352 g/mol. The SMILES string of the molecule is CCCCC(CC)CNC(=O)C(C)Oc1ccc(N(C)S(C)(=O)=O)cc1. The van der Waals surface area contributed by atoms with Crippen molar-refractivity contribution in [2.75, 3.05) is 24.2 Å². The second kappa shape index (κ2) is 10.4. The van der Waals surface area contributed by atoms with Crippen LogP contribution >= 0.6 is 0 Å². The Kier molecular flexibility index (Phi) is 8.92. The van der Waals surface area contributed by atoms with Crippen molar-refractivity contribution in [2.24, 2.45) is 5.92 Å². The van der Waals surface area contributed by atoms with Gasteiger partial charge in [0.25, 0.3) is 5.91 Å². The van der Waals surface area contributed by atoms with Crippen molar-refractivity contribution in [3.8, 4) is 5.75 Å². The molecule has 0 heterocycles. The van der Waals surface area contributed by atoms with Crippen LogP contribution in [0.15, 0.2) is 24.3 Å². The van der Waals surface area contributed by atoms with E-state index >= 15 is 0 Å². The summed E-state index contributed by atoms with van der Waals surface area (Å²) in [6.07, 6.45) is 5.04. The number of amides is 1. The molecule has 26 heavy (non-hydrogen) atoms. The largest absolute Gasteiger partial charge is 0.481 e. The average molecular weight is 385 g/mol. The van der Waals surface area contributed by atoms with Gasteiger partial charge in [0, 0.05) is 13.6 Å². The lowest BCUT2D eigenvalue weighted by Gasteiger charge is -2.19. The predicted molar refractivity (Wildman–Crippen MR) is 106 cm³/mol. The molecule has 0 spiro atoms. The minimum Gasteiger partial charge on any atom is -0.481 e. The Morgan fingerprint density at radius 3 is 2.35 bits per heavy atom. The summed E-state index contributed by atoms with van der Waals surface area (Å²) in [6.45, 7) is 6.68. The van der Waals surface area contributed by atoms with Crippen LogP contribution in [-0.2, 0) is 14.8 Å². The standard InChI is InChI=1S/C19H32N2O4S/c1-6-8-9-16(7-2)14-20-19(22)15(3)25-18-12-10-17(11-13-18)21(4)26(5,23)24/h10-13,15-16H,6-9,14H2,1-5H3,(H,20,22). The van der Waals surface area contributed by atoms with Crippen molar-refractivity contribution < 1.29 is 17.9 Å². The van der Waals surface area contributed by atoms with E-state index in [1.165, 1.54) is 17.8 Å². The van der Waals surface area contributed by atoms with E-state index in [-0.39, 0.29) is 5.91 Å². The monoisotopic (exact) mass is 384 g/mol. The van der Waals surface area contributed by atoms with E-state index in [0.717, 1.165) is 25.5 Å². The smallest absolute Gasteiger partial charge is 0.260 e. The third-order valence-corrected chi connectivity index (χ3v) is 5.69. The first-order valence-electron chi connectivity index (χ1n) is 9.17. The van der Waals surface area contributed by atoms with Gasteiger partial charge in [0.15, 0.2) is 6.10 Å². The molecule has 0 aliphatic rings. The molecule has 0 aliphatic heterocycles. The van der Waals surface area contributed by atoms with Crippen LogP contribution in [0.5, 0.6) is 5.75 Å². The van der Waals surface area contributed by atoms with E-state index in [1.807, 2.05) is 0 Å². The molecule has 0 radical (unpaired) electrons. The molecule has 0 aromatic heterocycles. The fourth-order valence-corrected chi connectivity index (χ4v) is 3.02. The van der Waals surface area contributed by atoms with Crippen molar-refractivity contribution >= 4 is 21.6 Å². The summed E-state index contributed by atoms with van der Waals surface area (Å²) in [7, 11) is -1.81. The Morgan fingerprint density at radius 2 is 1.85 bits per heavy atom. The zero-order chi connectivity index (χ0) is 19.7. The maximum Gasteiger partial charge on any atom is 0.260 e. The van der Waals surface area contributed by atoms with Gasteiger partial charge < -0.3 is 10.1 Å². The van der Waals surface area contributed by atoms with Crippen molar-refractivity contribution in [1.29, 1.82) is 0 Å². The van der Waals surface area contributed by atoms with Gasteiger partial charge in [0.1, 0.15) is 5.75 Å². The Balaban J connectivity index is 2.56. The van der Waals surface area contributed by atoms with Gasteiger partial charge in [-0.2, -0.15) is 0 Å². The van der Waals surface area contributed by atoms with Gasteiger partial charge in [-0.05, 0) is 43.5 Å². The summed E-state index contributed by atoms with van der Waals surface area (Å²) >= 11 is 0. The van der Waals surface area contributed by atoms with Gasteiger partial charge in [-0.3, -0.25) is 9.10 Å². The van der Waals surface area contributed by atoms with Crippen molar-refractivity contribution in [2.45, 2.75) is 52.6 Å². The number of nitrogens with one attached hydrogen (secondary N) is 1. The number of benzene rings is 1. The predicted octanol–water partition coefficient (Wildman–Crippen LogP) is 3.18. The molecule has 0 bridgehead atoms. The highest BCUT2D eigenvalue weighted by molar-refractivity contribution is 7.92. The highest BCUT2D eigenvalue weighted by atomic mass is 32.2. The molecular formula is C19H32N2O4S. The lowest BCUT2D eigenvalue weighted by molar-refractivity contribution is -0.127. The third-order valence-electron chi connectivity index (χ3n) is 4.49. The van der Waals surface area contributed by atoms with Crippen LogP contribution in [0.2, 0.25) is 0 Å². The van der Waals surface area contributed by atoms with Crippen molar-refractivity contribution in [3.63, 3.8) is 0 Å². The van der Waals surface area contributed by atoms with E-state index in [9.17, 15) is 13.2 Å². The molecule has 1 N–H and O–H groups in total. The molecule has 1 amide bonds. The maximum atomic E-state index is 12.2. The van der Waals surface area contributed by atoms with Crippen LogP contribution in [0.25, 0.3) is 0 Å². The summed E-state index contributed by atoms with van der Waals surface area (Å²) in [5, 5.41) is 2.96. The van der Waals surface area contributed by atoms with E-state index in [0.29, 0.717) is 23.9 Å². The van der Waals surface area contributed by atoms with Gasteiger partial charge >= 0.3 is 0 Å². The van der Waals surface area contributed by atoms with Gasteiger partial charge in [0.2, 0.25) is 10.0 Å². The molecule has 2 atom stereocenters. The van der Waals surface area contributed by atoms with Gasteiger partial charge in [0.05, 0.1) is 11.9 Å². The molecule has 148 valence electrons. The summed E-state index contributed by atoms with van der Waals surface area (Å²) in [4.78, 5) is 12.2. The van der Waals surface area contributed by atoms with E-state index in [1.54, 1.807) is 31.2 Å². The highest BCUT2D eigenvalue weighted by Gasteiger charge is 2.17. The summed E-state index contributed by atoms with van der Waals surface area (Å²) in [5.74, 6) is 0.880. The number of nitrogens with zero attached hydrogens (tertiary/aromatic N) is 1. The quantitative estimate of drug-likeness (QED) is 0.636. The zero-order valence-corrected chi connectivity index (χ0v) is 17.3. The first-order chi connectivity index (χ1) is 12.2. The molecule has 6 nitrogen and oxygen atoms in total. The van der Waals surface area contributed by atoms with E-state index in [2.05, 4.69) is 19.2 Å². The van der Waals surface area contributed by atoms with E-state index in [4.69, 9.17) is 4.74 Å². The second-order valence-corrected chi connectivity index (χ2v) is 8.66.